The minimum absolute atomic E-state index is 0.581. The van der Waals surface area contributed by atoms with Gasteiger partial charge in [0.2, 0.25) is 11.0 Å². The van der Waals surface area contributed by atoms with Crippen LogP contribution < -0.4 is 10.4 Å². The van der Waals surface area contributed by atoms with E-state index in [1.807, 2.05) is 28.9 Å². The van der Waals surface area contributed by atoms with Crippen molar-refractivity contribution >= 4 is 28.0 Å². The van der Waals surface area contributed by atoms with Crippen LogP contribution in [-0.4, -0.2) is 15.1 Å². The summed E-state index contributed by atoms with van der Waals surface area (Å²) in [5.41, 5.74) is 9.35. The number of rotatable bonds is 3. The minimum atomic E-state index is 0.581. The van der Waals surface area contributed by atoms with E-state index in [4.69, 9.17) is 5.73 Å². The quantitative estimate of drug-likeness (QED) is 0.704. The van der Waals surface area contributed by atoms with Gasteiger partial charge in [0.15, 0.2) is 5.82 Å². The lowest BCUT2D eigenvalue weighted by atomic mass is 10.1. The van der Waals surface area contributed by atoms with Crippen molar-refractivity contribution in [3.8, 4) is 0 Å². The Morgan fingerprint density at radius 3 is 2.58 bits per heavy atom. The molecule has 0 spiro atoms. The van der Waals surface area contributed by atoms with Gasteiger partial charge in [-0.25, -0.2) is 10.1 Å². The third kappa shape index (κ3) is 2.12. The van der Waals surface area contributed by atoms with Gasteiger partial charge in [0.1, 0.15) is 12.1 Å². The normalized spacial score (nSPS) is 11.7. The Labute approximate surface area is 111 Å². The second-order valence-electron chi connectivity index (χ2n) is 5.24. The molecule has 0 amide bonds. The highest BCUT2D eigenvalue weighted by Crippen LogP contribution is 2.17. The first-order valence-electron chi connectivity index (χ1n) is 6.59. The van der Waals surface area contributed by atoms with Gasteiger partial charge in [-0.3, -0.25) is 0 Å². The number of nitrogens with one attached hydrogen (secondary N) is 1. The number of nitrogen functional groups attached to an aromatic ring is 1. The molecule has 0 saturated heterocycles. The van der Waals surface area contributed by atoms with E-state index in [0.717, 1.165) is 35.2 Å². The fourth-order valence-corrected chi connectivity index (χ4v) is 2.16. The van der Waals surface area contributed by atoms with Gasteiger partial charge in [0.05, 0.1) is 0 Å². The number of nitrogens with zero attached hydrogens (tertiary/aromatic N) is 3. The van der Waals surface area contributed by atoms with E-state index in [9.17, 15) is 0 Å². The lowest BCUT2D eigenvalue weighted by molar-refractivity contribution is -0.728. The summed E-state index contributed by atoms with van der Waals surface area (Å²) in [6.07, 6.45) is 1.08. The van der Waals surface area contributed by atoms with E-state index in [-0.39, 0.29) is 0 Å². The average Bonchev–Trinajstić information content (AvgIpc) is 2.70. The van der Waals surface area contributed by atoms with Crippen molar-refractivity contribution < 1.29 is 4.68 Å². The SMILES string of the molecule is CC(C)CC[n+]1[nH]c(N)c2nc3ccccc3nc21. The van der Waals surface area contributed by atoms with Crippen LogP contribution >= 0.6 is 0 Å². The zero-order valence-electron chi connectivity index (χ0n) is 11.2. The van der Waals surface area contributed by atoms with Crippen LogP contribution in [0.1, 0.15) is 20.3 Å². The van der Waals surface area contributed by atoms with E-state index >= 15 is 0 Å². The van der Waals surface area contributed by atoms with Crippen molar-refractivity contribution in [3.05, 3.63) is 24.3 Å². The second kappa shape index (κ2) is 4.50. The molecule has 5 heteroatoms. The molecule has 3 rings (SSSR count). The molecule has 0 radical (unpaired) electrons. The molecule has 1 aromatic carbocycles. The molecule has 0 atom stereocenters. The van der Waals surface area contributed by atoms with Gasteiger partial charge in [-0.05, 0) is 29.5 Å². The number of H-pyrrole nitrogens is 1. The van der Waals surface area contributed by atoms with E-state index in [1.54, 1.807) is 0 Å². The first-order chi connectivity index (χ1) is 9.15. The number of hydrogen-bond acceptors (Lipinski definition) is 3. The lowest BCUT2D eigenvalue weighted by Gasteiger charge is -2.00. The van der Waals surface area contributed by atoms with Gasteiger partial charge in [-0.1, -0.05) is 26.0 Å². The first kappa shape index (κ1) is 11.9. The Kier molecular flexibility index (Phi) is 2.81. The number of aryl methyl sites for hydroxylation is 1. The molecule has 0 bridgehead atoms. The van der Waals surface area contributed by atoms with Crippen molar-refractivity contribution in [2.75, 3.05) is 5.73 Å². The van der Waals surface area contributed by atoms with Crippen molar-refractivity contribution in [1.29, 1.82) is 0 Å². The van der Waals surface area contributed by atoms with E-state index in [2.05, 4.69) is 28.9 Å². The van der Waals surface area contributed by atoms with Crippen LogP contribution in [0, 0.1) is 5.92 Å². The highest BCUT2D eigenvalue weighted by Gasteiger charge is 2.19. The van der Waals surface area contributed by atoms with E-state index < -0.39 is 0 Å². The molecule has 0 unspecified atom stereocenters. The van der Waals surface area contributed by atoms with Crippen LogP contribution in [0.5, 0.6) is 0 Å². The fraction of sp³-hybridized carbons (Fsp3) is 0.357. The fourth-order valence-electron chi connectivity index (χ4n) is 2.16. The molecule has 2 aromatic heterocycles. The number of aromatic nitrogens is 4. The van der Waals surface area contributed by atoms with E-state index in [0.29, 0.717) is 11.7 Å². The second-order valence-corrected chi connectivity index (χ2v) is 5.24. The molecule has 0 saturated carbocycles. The highest BCUT2D eigenvalue weighted by atomic mass is 15.3. The zero-order valence-corrected chi connectivity index (χ0v) is 11.2. The molecular formula is C14H18N5+. The Balaban J connectivity index is 2.16. The van der Waals surface area contributed by atoms with E-state index in [1.165, 1.54) is 0 Å². The Hall–Kier alpha value is -2.17. The maximum atomic E-state index is 6.00. The molecule has 98 valence electrons. The summed E-state index contributed by atoms with van der Waals surface area (Å²) >= 11 is 0. The molecule has 3 aromatic rings. The van der Waals surface area contributed by atoms with Crippen LogP contribution in [0.4, 0.5) is 5.82 Å². The van der Waals surface area contributed by atoms with Gasteiger partial charge in [0.25, 0.3) is 0 Å². The number of para-hydroxylation sites is 2. The summed E-state index contributed by atoms with van der Waals surface area (Å²) in [6.45, 7) is 5.28. The largest absolute Gasteiger partial charge is 0.381 e. The number of benzene rings is 1. The van der Waals surface area contributed by atoms with Gasteiger partial charge in [-0.2, -0.15) is 4.68 Å². The van der Waals surface area contributed by atoms with Crippen molar-refractivity contribution in [2.24, 2.45) is 5.92 Å². The smallest absolute Gasteiger partial charge is 0.372 e. The lowest BCUT2D eigenvalue weighted by Crippen LogP contribution is -2.37. The highest BCUT2D eigenvalue weighted by molar-refractivity contribution is 5.87. The molecule has 5 nitrogen and oxygen atoms in total. The van der Waals surface area contributed by atoms with Crippen LogP contribution in [0.15, 0.2) is 24.3 Å². The molecule has 0 aliphatic carbocycles. The Morgan fingerprint density at radius 2 is 1.89 bits per heavy atom. The number of aromatic amines is 1. The molecule has 2 heterocycles. The average molecular weight is 256 g/mol. The standard InChI is InChI=1S/C14H17N5/c1-9(2)7-8-19-14-12(13(15)18-19)16-10-5-3-4-6-11(10)17-14/h3-6,9H,7-8H2,1-2H3,(H2,15,18)/p+1. The van der Waals surface area contributed by atoms with Crippen LogP contribution in [-0.2, 0) is 6.54 Å². The van der Waals surface area contributed by atoms with Crippen molar-refractivity contribution in [2.45, 2.75) is 26.8 Å². The number of fused-ring (bicyclic) bond motifs is 2. The monoisotopic (exact) mass is 256 g/mol. The third-order valence-corrected chi connectivity index (χ3v) is 3.25. The molecule has 19 heavy (non-hydrogen) atoms. The van der Waals surface area contributed by atoms with Crippen LogP contribution in [0.3, 0.4) is 0 Å². The third-order valence-electron chi connectivity index (χ3n) is 3.25. The minimum Gasteiger partial charge on any atom is -0.381 e. The summed E-state index contributed by atoms with van der Waals surface area (Å²) in [6, 6.07) is 7.85. The van der Waals surface area contributed by atoms with Crippen LogP contribution in [0.2, 0.25) is 0 Å². The Bertz CT molecular complexity index is 729. The molecule has 3 N–H and O–H groups in total. The van der Waals surface area contributed by atoms with Crippen LogP contribution in [0.25, 0.3) is 22.2 Å². The summed E-state index contributed by atoms with van der Waals surface area (Å²) in [5.74, 6) is 1.22. The maximum absolute atomic E-state index is 6.00. The van der Waals surface area contributed by atoms with Gasteiger partial charge in [-0.15, -0.1) is 0 Å². The molecule has 0 fully saturated rings. The number of nitrogens with two attached hydrogens (primary N) is 1. The summed E-state index contributed by atoms with van der Waals surface area (Å²) in [5, 5.41) is 3.15. The van der Waals surface area contributed by atoms with Crippen molar-refractivity contribution in [1.82, 2.24) is 15.1 Å². The number of anilines is 1. The maximum Gasteiger partial charge on any atom is 0.372 e. The van der Waals surface area contributed by atoms with Gasteiger partial charge < -0.3 is 5.73 Å². The molecule has 0 aliphatic rings. The van der Waals surface area contributed by atoms with Crippen molar-refractivity contribution in [3.63, 3.8) is 0 Å². The predicted molar refractivity (Wildman–Crippen MR) is 75.5 cm³/mol. The molecular weight excluding hydrogens is 238 g/mol. The van der Waals surface area contributed by atoms with Gasteiger partial charge >= 0.3 is 5.65 Å². The van der Waals surface area contributed by atoms with Gasteiger partial charge in [0, 0.05) is 0 Å². The summed E-state index contributed by atoms with van der Waals surface area (Å²) < 4.78 is 1.99. The Morgan fingerprint density at radius 1 is 1.21 bits per heavy atom. The summed E-state index contributed by atoms with van der Waals surface area (Å²) in [7, 11) is 0. The number of hydrogen-bond donors (Lipinski definition) is 2. The first-order valence-corrected chi connectivity index (χ1v) is 6.59. The zero-order chi connectivity index (χ0) is 13.4. The predicted octanol–water partition coefficient (Wildman–Crippen LogP) is 2.03. The topological polar surface area (TPSA) is 71.5 Å². The molecule has 0 aliphatic heterocycles. The summed E-state index contributed by atoms with van der Waals surface area (Å²) in [4.78, 5) is 9.25.